The second kappa shape index (κ2) is 11.6. The van der Waals surface area contributed by atoms with Gasteiger partial charge in [0.1, 0.15) is 16.9 Å². The van der Waals surface area contributed by atoms with Crippen LogP contribution in [0.4, 0.5) is 11.4 Å². The quantitative estimate of drug-likeness (QED) is 0.0917. The molecule has 0 aliphatic heterocycles. The highest BCUT2D eigenvalue weighted by Gasteiger charge is 2.44. The summed E-state index contributed by atoms with van der Waals surface area (Å²) in [6, 6.07) is 40.5. The standard InChI is InChI=1S/C43H28N2O2/c1-2-33-34(29-13-7-4-8-14-29)21-22-36-35-20-19-32(28-11-5-3-6-12-28)27-37(35)43(40(33)36,25-23-30-15-9-17-38(46)41(30)44)26-24-31-16-10-18-39(47)42(31)45/h1,3-22,27,46-47H,44-45H2. The number of hydrogen-bond donors (Lipinski definition) is 4. The zero-order chi connectivity index (χ0) is 32.5. The number of rotatable bonds is 2. The Morgan fingerprint density at radius 2 is 1.06 bits per heavy atom. The van der Waals surface area contributed by atoms with Gasteiger partial charge in [0, 0.05) is 11.1 Å². The van der Waals surface area contributed by atoms with Crippen molar-refractivity contribution in [3.8, 4) is 80.9 Å². The van der Waals surface area contributed by atoms with E-state index in [0.717, 1.165) is 44.5 Å². The van der Waals surface area contributed by atoms with Gasteiger partial charge in [0.05, 0.1) is 22.5 Å². The van der Waals surface area contributed by atoms with Crippen molar-refractivity contribution < 1.29 is 10.2 Å². The van der Waals surface area contributed by atoms with E-state index in [-0.39, 0.29) is 22.9 Å². The molecule has 47 heavy (non-hydrogen) atoms. The molecule has 0 bridgehead atoms. The first-order valence-electron chi connectivity index (χ1n) is 15.0. The van der Waals surface area contributed by atoms with Crippen molar-refractivity contribution in [2.45, 2.75) is 5.41 Å². The lowest BCUT2D eigenvalue weighted by Gasteiger charge is -2.23. The van der Waals surface area contributed by atoms with Crippen LogP contribution >= 0.6 is 0 Å². The van der Waals surface area contributed by atoms with Gasteiger partial charge in [-0.25, -0.2) is 0 Å². The van der Waals surface area contributed by atoms with Crippen LogP contribution in [0.5, 0.6) is 11.5 Å². The molecule has 4 nitrogen and oxygen atoms in total. The Morgan fingerprint density at radius 3 is 1.64 bits per heavy atom. The second-order valence-electron chi connectivity index (χ2n) is 11.3. The summed E-state index contributed by atoms with van der Waals surface area (Å²) >= 11 is 0. The van der Waals surface area contributed by atoms with Crippen LogP contribution in [-0.4, -0.2) is 10.2 Å². The molecule has 0 atom stereocenters. The van der Waals surface area contributed by atoms with Crippen LogP contribution in [-0.2, 0) is 5.41 Å². The maximum atomic E-state index is 10.4. The third-order valence-electron chi connectivity index (χ3n) is 8.57. The average Bonchev–Trinajstić information content (AvgIpc) is 3.39. The lowest BCUT2D eigenvalue weighted by Crippen LogP contribution is -2.23. The van der Waals surface area contributed by atoms with E-state index in [1.165, 1.54) is 12.1 Å². The highest BCUT2D eigenvalue weighted by molar-refractivity contribution is 5.93. The molecule has 0 fully saturated rings. The van der Waals surface area contributed by atoms with Gasteiger partial charge in [-0.2, -0.15) is 0 Å². The van der Waals surface area contributed by atoms with Gasteiger partial charge in [0.25, 0.3) is 0 Å². The molecule has 0 aromatic heterocycles. The largest absolute Gasteiger partial charge is 0.506 e. The Balaban J connectivity index is 1.62. The number of anilines is 2. The minimum absolute atomic E-state index is 0.0567. The fraction of sp³-hybridized carbons (Fsp3) is 0.0233. The van der Waals surface area contributed by atoms with Crippen molar-refractivity contribution in [3.63, 3.8) is 0 Å². The molecular formula is C43H28N2O2. The van der Waals surface area contributed by atoms with Crippen molar-refractivity contribution in [2.24, 2.45) is 0 Å². The highest BCUT2D eigenvalue weighted by Crippen LogP contribution is 2.53. The van der Waals surface area contributed by atoms with Gasteiger partial charge in [0.2, 0.25) is 0 Å². The molecule has 4 heteroatoms. The molecule has 7 rings (SSSR count). The van der Waals surface area contributed by atoms with Gasteiger partial charge >= 0.3 is 0 Å². The number of phenolic OH excluding ortho intramolecular Hbond substituents is 2. The van der Waals surface area contributed by atoms with Gasteiger partial charge in [-0.1, -0.05) is 127 Å². The third kappa shape index (κ3) is 4.90. The first-order chi connectivity index (χ1) is 22.9. The molecule has 0 radical (unpaired) electrons. The molecule has 0 saturated heterocycles. The molecule has 0 amide bonds. The molecule has 0 saturated carbocycles. The van der Waals surface area contributed by atoms with Gasteiger partial charge < -0.3 is 21.7 Å². The molecule has 1 aliphatic rings. The van der Waals surface area contributed by atoms with Crippen LogP contribution in [0.3, 0.4) is 0 Å². The molecular weight excluding hydrogens is 576 g/mol. The van der Waals surface area contributed by atoms with Crippen LogP contribution < -0.4 is 11.5 Å². The van der Waals surface area contributed by atoms with E-state index in [0.29, 0.717) is 16.7 Å². The monoisotopic (exact) mass is 604 g/mol. The first-order valence-corrected chi connectivity index (χ1v) is 15.0. The summed E-state index contributed by atoms with van der Waals surface area (Å²) in [5.41, 5.74) is 20.6. The number of terminal acetylenes is 1. The lowest BCUT2D eigenvalue weighted by molar-refractivity contribution is 0.477. The summed E-state index contributed by atoms with van der Waals surface area (Å²) in [6.45, 7) is 0. The number of para-hydroxylation sites is 2. The summed E-state index contributed by atoms with van der Waals surface area (Å²) in [7, 11) is 0. The summed E-state index contributed by atoms with van der Waals surface area (Å²) in [4.78, 5) is 0. The normalized spacial score (nSPS) is 12.0. The van der Waals surface area contributed by atoms with E-state index in [4.69, 9.17) is 17.9 Å². The fourth-order valence-electron chi connectivity index (χ4n) is 6.20. The van der Waals surface area contributed by atoms with Crippen molar-refractivity contribution in [1.82, 2.24) is 0 Å². The molecule has 6 N–H and O–H groups in total. The number of aromatic hydroxyl groups is 2. The molecule has 6 aromatic carbocycles. The number of phenols is 2. The second-order valence-corrected chi connectivity index (χ2v) is 11.3. The molecule has 1 aliphatic carbocycles. The summed E-state index contributed by atoms with van der Waals surface area (Å²) in [5.74, 6) is 16.4. The maximum absolute atomic E-state index is 10.4. The minimum atomic E-state index is -1.27. The van der Waals surface area contributed by atoms with E-state index in [1.807, 2.05) is 48.5 Å². The summed E-state index contributed by atoms with van der Waals surface area (Å²) in [6.07, 6.45) is 6.39. The number of benzene rings is 6. The van der Waals surface area contributed by atoms with E-state index >= 15 is 0 Å². The van der Waals surface area contributed by atoms with Gasteiger partial charge in [0.15, 0.2) is 0 Å². The SMILES string of the molecule is C#Cc1c(-c2ccccc2)ccc2c1C(C#Cc1cccc(O)c1N)(C#Cc1cccc(O)c1N)c1cc(-c3ccccc3)ccc1-2. The number of nitrogens with two attached hydrogens (primary N) is 2. The zero-order valence-electron chi connectivity index (χ0n) is 25.3. The molecule has 6 aromatic rings. The van der Waals surface area contributed by atoms with Crippen molar-refractivity contribution in [2.75, 3.05) is 11.5 Å². The first kappa shape index (κ1) is 28.9. The number of fused-ring (bicyclic) bond motifs is 3. The Hall–Kier alpha value is -6.80. The van der Waals surface area contributed by atoms with E-state index < -0.39 is 5.41 Å². The summed E-state index contributed by atoms with van der Waals surface area (Å²) in [5, 5.41) is 20.8. The minimum Gasteiger partial charge on any atom is -0.506 e. The smallest absolute Gasteiger partial charge is 0.145 e. The molecule has 222 valence electrons. The Morgan fingerprint density at radius 1 is 0.532 bits per heavy atom. The van der Waals surface area contributed by atoms with Crippen LogP contribution in [0.25, 0.3) is 33.4 Å². The fourth-order valence-corrected chi connectivity index (χ4v) is 6.20. The van der Waals surface area contributed by atoms with Gasteiger partial charge in [-0.3, -0.25) is 0 Å². The predicted molar refractivity (Wildman–Crippen MR) is 190 cm³/mol. The van der Waals surface area contributed by atoms with Crippen molar-refractivity contribution in [3.05, 3.63) is 155 Å². The van der Waals surface area contributed by atoms with Crippen LogP contribution in [0.2, 0.25) is 0 Å². The Bertz CT molecular complexity index is 2290. The topological polar surface area (TPSA) is 92.5 Å². The molecule has 0 unspecified atom stereocenters. The average molecular weight is 605 g/mol. The molecule has 0 spiro atoms. The predicted octanol–water partition coefficient (Wildman–Crippen LogP) is 7.95. The Labute approximate surface area is 274 Å². The number of hydrogen-bond acceptors (Lipinski definition) is 4. The Kier molecular flexibility index (Phi) is 7.15. The number of nitrogen functional groups attached to an aromatic ring is 2. The highest BCUT2D eigenvalue weighted by atomic mass is 16.3. The van der Waals surface area contributed by atoms with Gasteiger partial charge in [-0.15, -0.1) is 6.42 Å². The van der Waals surface area contributed by atoms with Crippen LogP contribution in [0, 0.1) is 36.0 Å². The third-order valence-corrected chi connectivity index (χ3v) is 8.57. The lowest BCUT2D eigenvalue weighted by atomic mass is 9.75. The maximum Gasteiger partial charge on any atom is 0.145 e. The van der Waals surface area contributed by atoms with Crippen molar-refractivity contribution >= 4 is 11.4 Å². The molecule has 0 heterocycles. The van der Waals surface area contributed by atoms with E-state index in [2.05, 4.69) is 72.1 Å². The van der Waals surface area contributed by atoms with Gasteiger partial charge in [-0.05, 0) is 69.3 Å². The van der Waals surface area contributed by atoms with E-state index in [1.54, 1.807) is 24.3 Å². The summed E-state index contributed by atoms with van der Waals surface area (Å²) < 4.78 is 0. The van der Waals surface area contributed by atoms with Crippen LogP contribution in [0.15, 0.2) is 127 Å². The zero-order valence-corrected chi connectivity index (χ0v) is 25.3. The van der Waals surface area contributed by atoms with Crippen LogP contribution in [0.1, 0.15) is 27.8 Å². The van der Waals surface area contributed by atoms with Crippen molar-refractivity contribution in [1.29, 1.82) is 0 Å². The van der Waals surface area contributed by atoms with E-state index in [9.17, 15) is 10.2 Å².